The van der Waals surface area contributed by atoms with Crippen LogP contribution in [0.1, 0.15) is 11.8 Å². The van der Waals surface area contributed by atoms with Crippen molar-refractivity contribution in [3.63, 3.8) is 0 Å². The fourth-order valence-corrected chi connectivity index (χ4v) is 3.38. The molecule has 0 saturated heterocycles. The lowest BCUT2D eigenvalue weighted by Gasteiger charge is -1.90. The first kappa shape index (κ1) is 9.16. The van der Waals surface area contributed by atoms with E-state index in [-0.39, 0.29) is 5.82 Å². The fourth-order valence-electron chi connectivity index (χ4n) is 1.32. The van der Waals surface area contributed by atoms with E-state index in [1.54, 1.807) is 17.4 Å². The fraction of sp³-hybridized carbons (Fsp3) is 0.200. The van der Waals surface area contributed by atoms with Gasteiger partial charge in [-0.05, 0) is 40.5 Å². The standard InChI is InChI=1S/C10H8BrFS/c1-2-8-10(11)7-4-3-6(12)5-9(7)13-8/h3-5H,2H2,1H3. The van der Waals surface area contributed by atoms with E-state index in [0.29, 0.717) is 0 Å². The van der Waals surface area contributed by atoms with Crippen molar-refractivity contribution in [3.8, 4) is 0 Å². The molecular formula is C10H8BrFS. The molecule has 0 aliphatic rings. The Morgan fingerprint density at radius 1 is 1.46 bits per heavy atom. The van der Waals surface area contributed by atoms with Gasteiger partial charge in [-0.1, -0.05) is 6.92 Å². The third-order valence-corrected chi connectivity index (χ3v) is 4.44. The normalized spacial score (nSPS) is 11.0. The Balaban J connectivity index is 2.76. The smallest absolute Gasteiger partial charge is 0.124 e. The summed E-state index contributed by atoms with van der Waals surface area (Å²) in [4.78, 5) is 1.28. The summed E-state index contributed by atoms with van der Waals surface area (Å²) in [6.07, 6.45) is 0.988. The maximum Gasteiger partial charge on any atom is 0.124 e. The Morgan fingerprint density at radius 2 is 2.23 bits per heavy atom. The molecule has 13 heavy (non-hydrogen) atoms. The molecule has 0 nitrogen and oxygen atoms in total. The topological polar surface area (TPSA) is 0 Å². The number of aryl methyl sites for hydroxylation is 1. The highest BCUT2D eigenvalue weighted by atomic mass is 79.9. The summed E-state index contributed by atoms with van der Waals surface area (Å²) in [5, 5.41) is 1.11. The van der Waals surface area contributed by atoms with Gasteiger partial charge in [-0.15, -0.1) is 11.3 Å². The Morgan fingerprint density at radius 3 is 2.92 bits per heavy atom. The van der Waals surface area contributed by atoms with E-state index in [9.17, 15) is 4.39 Å². The van der Waals surface area contributed by atoms with Crippen molar-refractivity contribution in [1.82, 2.24) is 0 Å². The average molecular weight is 259 g/mol. The molecular weight excluding hydrogens is 251 g/mol. The average Bonchev–Trinajstić information content (AvgIpc) is 2.42. The highest BCUT2D eigenvalue weighted by Crippen LogP contribution is 2.35. The Bertz CT molecular complexity index is 447. The van der Waals surface area contributed by atoms with Gasteiger partial charge in [0.2, 0.25) is 0 Å². The van der Waals surface area contributed by atoms with Gasteiger partial charge in [0.05, 0.1) is 0 Å². The number of thiophene rings is 1. The van der Waals surface area contributed by atoms with Gasteiger partial charge in [0.25, 0.3) is 0 Å². The van der Waals surface area contributed by atoms with E-state index < -0.39 is 0 Å². The maximum absolute atomic E-state index is 12.9. The minimum absolute atomic E-state index is 0.163. The lowest BCUT2D eigenvalue weighted by Crippen LogP contribution is -1.72. The Labute approximate surface area is 88.5 Å². The van der Waals surface area contributed by atoms with Crippen molar-refractivity contribution in [3.05, 3.63) is 33.4 Å². The molecule has 0 fully saturated rings. The van der Waals surface area contributed by atoms with Crippen LogP contribution in [0.4, 0.5) is 4.39 Å². The van der Waals surface area contributed by atoms with E-state index >= 15 is 0 Å². The number of halogens is 2. The van der Waals surface area contributed by atoms with Crippen LogP contribution < -0.4 is 0 Å². The van der Waals surface area contributed by atoms with Gasteiger partial charge in [-0.2, -0.15) is 0 Å². The van der Waals surface area contributed by atoms with Crippen LogP contribution in [0.2, 0.25) is 0 Å². The number of hydrogen-bond donors (Lipinski definition) is 0. The summed E-state index contributed by atoms with van der Waals surface area (Å²) in [7, 11) is 0. The van der Waals surface area contributed by atoms with Crippen LogP contribution in [-0.2, 0) is 6.42 Å². The number of rotatable bonds is 1. The highest BCUT2D eigenvalue weighted by Gasteiger charge is 2.08. The predicted molar refractivity (Wildman–Crippen MR) is 58.9 cm³/mol. The maximum atomic E-state index is 12.9. The number of hydrogen-bond acceptors (Lipinski definition) is 1. The van der Waals surface area contributed by atoms with Crippen LogP contribution in [0.5, 0.6) is 0 Å². The molecule has 1 aromatic carbocycles. The molecule has 0 saturated carbocycles. The summed E-state index contributed by atoms with van der Waals surface area (Å²) in [6, 6.07) is 4.91. The zero-order valence-corrected chi connectivity index (χ0v) is 9.51. The van der Waals surface area contributed by atoms with E-state index in [1.165, 1.54) is 10.9 Å². The van der Waals surface area contributed by atoms with Crippen LogP contribution in [0, 0.1) is 5.82 Å². The molecule has 2 aromatic rings. The number of fused-ring (bicyclic) bond motifs is 1. The quantitative estimate of drug-likeness (QED) is 0.713. The summed E-state index contributed by atoms with van der Waals surface area (Å²) >= 11 is 5.18. The Hall–Kier alpha value is -0.410. The molecule has 1 aromatic heterocycles. The van der Waals surface area contributed by atoms with Gasteiger partial charge in [-0.25, -0.2) is 4.39 Å². The van der Waals surface area contributed by atoms with Crippen LogP contribution in [-0.4, -0.2) is 0 Å². The van der Waals surface area contributed by atoms with Gasteiger partial charge in [0.15, 0.2) is 0 Å². The first-order valence-corrected chi connectivity index (χ1v) is 5.69. The molecule has 0 bridgehead atoms. The van der Waals surface area contributed by atoms with Crippen molar-refractivity contribution >= 4 is 37.4 Å². The molecule has 68 valence electrons. The molecule has 3 heteroatoms. The zero-order valence-electron chi connectivity index (χ0n) is 7.10. The van der Waals surface area contributed by atoms with Gasteiger partial charge >= 0.3 is 0 Å². The minimum atomic E-state index is -0.163. The van der Waals surface area contributed by atoms with Gasteiger partial charge in [0, 0.05) is 19.4 Å². The summed E-state index contributed by atoms with van der Waals surface area (Å²) in [5.41, 5.74) is 0. The van der Waals surface area contributed by atoms with E-state index in [4.69, 9.17) is 0 Å². The van der Waals surface area contributed by atoms with Crippen LogP contribution in [0.25, 0.3) is 10.1 Å². The van der Waals surface area contributed by atoms with Crippen molar-refractivity contribution in [2.75, 3.05) is 0 Å². The first-order chi connectivity index (χ1) is 6.22. The molecule has 0 aliphatic carbocycles. The second kappa shape index (κ2) is 3.39. The second-order valence-electron chi connectivity index (χ2n) is 2.83. The highest BCUT2D eigenvalue weighted by molar-refractivity contribution is 9.10. The van der Waals surface area contributed by atoms with Crippen LogP contribution in [0.15, 0.2) is 22.7 Å². The van der Waals surface area contributed by atoms with E-state index in [0.717, 1.165) is 21.0 Å². The van der Waals surface area contributed by atoms with Gasteiger partial charge in [0.1, 0.15) is 5.82 Å². The van der Waals surface area contributed by atoms with Gasteiger partial charge in [-0.3, -0.25) is 0 Å². The van der Waals surface area contributed by atoms with Crippen molar-refractivity contribution in [1.29, 1.82) is 0 Å². The SMILES string of the molecule is CCc1sc2cc(F)ccc2c1Br. The minimum Gasteiger partial charge on any atom is -0.207 e. The molecule has 0 radical (unpaired) electrons. The predicted octanol–water partition coefficient (Wildman–Crippen LogP) is 4.37. The third-order valence-electron chi connectivity index (χ3n) is 1.98. The molecule has 1 heterocycles. The molecule has 0 atom stereocenters. The van der Waals surface area contributed by atoms with Crippen molar-refractivity contribution < 1.29 is 4.39 Å². The molecule has 0 aliphatic heterocycles. The number of benzene rings is 1. The summed E-state index contributed by atoms with van der Waals surface area (Å²) in [6.45, 7) is 2.10. The molecule has 0 spiro atoms. The van der Waals surface area contributed by atoms with Crippen molar-refractivity contribution in [2.24, 2.45) is 0 Å². The zero-order chi connectivity index (χ0) is 9.42. The van der Waals surface area contributed by atoms with E-state index in [2.05, 4.69) is 22.9 Å². The molecule has 2 rings (SSSR count). The van der Waals surface area contributed by atoms with E-state index in [1.807, 2.05) is 6.07 Å². The summed E-state index contributed by atoms with van der Waals surface area (Å²) < 4.78 is 15.0. The van der Waals surface area contributed by atoms with Gasteiger partial charge < -0.3 is 0 Å². The third kappa shape index (κ3) is 1.51. The van der Waals surface area contributed by atoms with Crippen LogP contribution in [0.3, 0.4) is 0 Å². The molecule has 0 N–H and O–H groups in total. The largest absolute Gasteiger partial charge is 0.207 e. The first-order valence-electron chi connectivity index (χ1n) is 4.08. The lowest BCUT2D eigenvalue weighted by molar-refractivity contribution is 0.630. The monoisotopic (exact) mass is 258 g/mol. The van der Waals surface area contributed by atoms with Crippen molar-refractivity contribution in [2.45, 2.75) is 13.3 Å². The summed E-state index contributed by atoms with van der Waals surface area (Å²) in [5.74, 6) is -0.163. The molecule has 0 amide bonds. The second-order valence-corrected chi connectivity index (χ2v) is 4.76. The molecule has 0 unspecified atom stereocenters. The van der Waals surface area contributed by atoms with Crippen LogP contribution >= 0.6 is 27.3 Å². The Kier molecular flexibility index (Phi) is 2.39. The lowest BCUT2D eigenvalue weighted by atomic mass is 10.2.